The van der Waals surface area contributed by atoms with Gasteiger partial charge < -0.3 is 10.5 Å². The van der Waals surface area contributed by atoms with E-state index in [0.717, 1.165) is 12.0 Å². The lowest BCUT2D eigenvalue weighted by Gasteiger charge is -2.20. The molecule has 0 aromatic heterocycles. The van der Waals surface area contributed by atoms with Gasteiger partial charge in [-0.1, -0.05) is 31.2 Å². The fraction of sp³-hybridized carbons (Fsp3) is 0.538. The van der Waals surface area contributed by atoms with Gasteiger partial charge in [-0.05, 0) is 31.4 Å². The summed E-state index contributed by atoms with van der Waals surface area (Å²) in [5.74, 6) is 0. The first-order valence-electron chi connectivity index (χ1n) is 5.65. The molecule has 0 fully saturated rings. The first-order valence-corrected chi connectivity index (χ1v) is 5.65. The van der Waals surface area contributed by atoms with Crippen LogP contribution in [0.1, 0.15) is 37.9 Å². The monoisotopic (exact) mass is 207 g/mol. The maximum Gasteiger partial charge on any atom is 0.0739 e. The molecule has 1 aromatic rings. The highest BCUT2D eigenvalue weighted by Gasteiger charge is 2.14. The minimum absolute atomic E-state index is 0.0311. The molecule has 2 atom stereocenters. The van der Waals surface area contributed by atoms with Crippen molar-refractivity contribution in [3.63, 3.8) is 0 Å². The molecule has 1 rings (SSSR count). The summed E-state index contributed by atoms with van der Waals surface area (Å²) in [4.78, 5) is 0. The molecule has 0 bridgehead atoms. The number of ether oxygens (including phenoxy) is 1. The van der Waals surface area contributed by atoms with Crippen LogP contribution in [0, 0.1) is 0 Å². The normalized spacial score (nSPS) is 14.9. The highest BCUT2D eigenvalue weighted by atomic mass is 16.5. The number of hydrogen-bond acceptors (Lipinski definition) is 2. The van der Waals surface area contributed by atoms with E-state index in [1.54, 1.807) is 0 Å². The van der Waals surface area contributed by atoms with Gasteiger partial charge in [-0.25, -0.2) is 0 Å². The average molecular weight is 207 g/mol. The quantitative estimate of drug-likeness (QED) is 0.805. The largest absolute Gasteiger partial charge is 0.377 e. The lowest BCUT2D eigenvalue weighted by atomic mass is 10.00. The molecule has 2 unspecified atom stereocenters. The van der Waals surface area contributed by atoms with Crippen LogP contribution in [-0.4, -0.2) is 12.7 Å². The molecule has 84 valence electrons. The molecule has 1 aromatic carbocycles. The highest BCUT2D eigenvalue weighted by Crippen LogP contribution is 2.18. The van der Waals surface area contributed by atoms with Crippen molar-refractivity contribution >= 4 is 0 Å². The second-order valence-electron chi connectivity index (χ2n) is 3.78. The Morgan fingerprint density at radius 3 is 2.67 bits per heavy atom. The summed E-state index contributed by atoms with van der Waals surface area (Å²) < 4.78 is 5.51. The van der Waals surface area contributed by atoms with E-state index in [2.05, 4.69) is 31.2 Å². The van der Waals surface area contributed by atoms with E-state index in [9.17, 15) is 0 Å². The van der Waals surface area contributed by atoms with Crippen LogP contribution >= 0.6 is 0 Å². The summed E-state index contributed by atoms with van der Waals surface area (Å²) in [7, 11) is 0. The maximum absolute atomic E-state index is 6.12. The van der Waals surface area contributed by atoms with Crippen LogP contribution in [0.15, 0.2) is 24.3 Å². The molecule has 2 nitrogen and oxygen atoms in total. The summed E-state index contributed by atoms with van der Waals surface area (Å²) in [6.07, 6.45) is 1.12. The van der Waals surface area contributed by atoms with Gasteiger partial charge in [0.25, 0.3) is 0 Å². The molecule has 2 N–H and O–H groups in total. The van der Waals surface area contributed by atoms with Crippen LogP contribution in [0.5, 0.6) is 0 Å². The van der Waals surface area contributed by atoms with Crippen LogP contribution in [0.2, 0.25) is 0 Å². The molecule has 0 amide bonds. The zero-order chi connectivity index (χ0) is 11.3. The van der Waals surface area contributed by atoms with E-state index in [1.807, 2.05) is 13.8 Å². The van der Waals surface area contributed by atoms with E-state index < -0.39 is 0 Å². The van der Waals surface area contributed by atoms with Crippen LogP contribution in [0.3, 0.4) is 0 Å². The fourth-order valence-electron chi connectivity index (χ4n) is 1.66. The summed E-state index contributed by atoms with van der Waals surface area (Å²) >= 11 is 0. The second-order valence-corrected chi connectivity index (χ2v) is 3.78. The van der Waals surface area contributed by atoms with Gasteiger partial charge in [0.05, 0.1) is 12.1 Å². The molecule has 0 aliphatic carbocycles. The predicted octanol–water partition coefficient (Wildman–Crippen LogP) is 2.67. The van der Waals surface area contributed by atoms with Crippen molar-refractivity contribution in [3.8, 4) is 0 Å². The fourth-order valence-corrected chi connectivity index (χ4v) is 1.66. The van der Waals surface area contributed by atoms with Gasteiger partial charge in [0.1, 0.15) is 0 Å². The summed E-state index contributed by atoms with van der Waals surface area (Å²) in [6, 6.07) is 8.39. The summed E-state index contributed by atoms with van der Waals surface area (Å²) in [5.41, 5.74) is 8.61. The molecule has 0 aliphatic rings. The van der Waals surface area contributed by atoms with Gasteiger partial charge in [-0.15, -0.1) is 0 Å². The number of aryl methyl sites for hydroxylation is 1. The van der Waals surface area contributed by atoms with Crippen LogP contribution in [-0.2, 0) is 11.2 Å². The number of hydrogen-bond donors (Lipinski definition) is 1. The Labute approximate surface area is 92.4 Å². The van der Waals surface area contributed by atoms with Crippen molar-refractivity contribution in [1.82, 2.24) is 0 Å². The Morgan fingerprint density at radius 1 is 1.33 bits per heavy atom. The molecule has 0 aliphatic heterocycles. The smallest absolute Gasteiger partial charge is 0.0739 e. The Bertz CT molecular complexity index is 298. The Balaban J connectivity index is 2.76. The third-order valence-corrected chi connectivity index (χ3v) is 2.68. The molecular formula is C13H21NO. The molecule has 0 heterocycles. The Hall–Kier alpha value is -0.860. The second kappa shape index (κ2) is 5.89. The third kappa shape index (κ3) is 3.33. The highest BCUT2D eigenvalue weighted by molar-refractivity contribution is 5.26. The van der Waals surface area contributed by atoms with Gasteiger partial charge in [0.2, 0.25) is 0 Å². The lowest BCUT2D eigenvalue weighted by Crippen LogP contribution is -2.26. The molecule has 0 saturated heterocycles. The number of nitrogens with two attached hydrogens (primary N) is 1. The van der Waals surface area contributed by atoms with E-state index >= 15 is 0 Å². The van der Waals surface area contributed by atoms with Crippen molar-refractivity contribution in [3.05, 3.63) is 35.4 Å². The summed E-state index contributed by atoms with van der Waals surface area (Å²) in [6.45, 7) is 6.87. The van der Waals surface area contributed by atoms with E-state index in [4.69, 9.17) is 10.5 Å². The van der Waals surface area contributed by atoms with Gasteiger partial charge in [0.15, 0.2) is 0 Å². The van der Waals surface area contributed by atoms with E-state index in [1.165, 1.54) is 5.56 Å². The van der Waals surface area contributed by atoms with Crippen LogP contribution in [0.4, 0.5) is 0 Å². The molecule has 2 heteroatoms. The Morgan fingerprint density at radius 2 is 2.07 bits per heavy atom. The van der Waals surface area contributed by atoms with Gasteiger partial charge in [-0.3, -0.25) is 0 Å². The molecule has 15 heavy (non-hydrogen) atoms. The van der Waals surface area contributed by atoms with Gasteiger partial charge in [0, 0.05) is 6.61 Å². The van der Waals surface area contributed by atoms with E-state index in [0.29, 0.717) is 6.61 Å². The molecule has 0 saturated carbocycles. The van der Waals surface area contributed by atoms with Gasteiger partial charge >= 0.3 is 0 Å². The topological polar surface area (TPSA) is 35.2 Å². The number of benzene rings is 1. The van der Waals surface area contributed by atoms with Crippen molar-refractivity contribution in [2.45, 2.75) is 39.3 Å². The molecular weight excluding hydrogens is 186 g/mol. The van der Waals surface area contributed by atoms with Crippen LogP contribution in [0.25, 0.3) is 0 Å². The van der Waals surface area contributed by atoms with Crippen molar-refractivity contribution in [2.75, 3.05) is 6.61 Å². The zero-order valence-corrected chi connectivity index (χ0v) is 9.86. The van der Waals surface area contributed by atoms with Crippen molar-refractivity contribution in [2.24, 2.45) is 5.73 Å². The lowest BCUT2D eigenvalue weighted by molar-refractivity contribution is 0.0574. The average Bonchev–Trinajstić information content (AvgIpc) is 2.28. The van der Waals surface area contributed by atoms with E-state index in [-0.39, 0.29) is 12.1 Å². The number of rotatable bonds is 5. The minimum atomic E-state index is -0.0311. The first kappa shape index (κ1) is 12.2. The first-order chi connectivity index (χ1) is 7.19. The standard InChI is InChI=1S/C13H21NO/c1-4-11-7-6-8-12(9-11)13(14)10(3)15-5-2/h6-10,13H,4-5,14H2,1-3H3. The molecule has 0 radical (unpaired) electrons. The predicted molar refractivity (Wildman–Crippen MR) is 63.8 cm³/mol. The van der Waals surface area contributed by atoms with Crippen LogP contribution < -0.4 is 5.73 Å². The third-order valence-electron chi connectivity index (χ3n) is 2.68. The maximum atomic E-state index is 6.12. The SMILES string of the molecule is CCOC(C)C(N)c1cccc(CC)c1. The molecule has 0 spiro atoms. The Kier molecular flexibility index (Phi) is 4.79. The van der Waals surface area contributed by atoms with Crippen molar-refractivity contribution in [1.29, 1.82) is 0 Å². The van der Waals surface area contributed by atoms with Crippen molar-refractivity contribution < 1.29 is 4.74 Å². The summed E-state index contributed by atoms with van der Waals surface area (Å²) in [5, 5.41) is 0. The van der Waals surface area contributed by atoms with Gasteiger partial charge in [-0.2, -0.15) is 0 Å². The minimum Gasteiger partial charge on any atom is -0.377 e. The zero-order valence-electron chi connectivity index (χ0n) is 9.86.